The highest BCUT2D eigenvalue weighted by molar-refractivity contribution is 6.31. The number of aryl methyl sites for hydroxylation is 1. The predicted octanol–water partition coefficient (Wildman–Crippen LogP) is 5.33. The van der Waals surface area contributed by atoms with E-state index in [1.165, 1.54) is 51.7 Å². The van der Waals surface area contributed by atoms with Gasteiger partial charge in [-0.05, 0) is 79.3 Å². The Labute approximate surface area is 164 Å². The van der Waals surface area contributed by atoms with Crippen LogP contribution in [-0.2, 0) is 12.8 Å². The van der Waals surface area contributed by atoms with Crippen LogP contribution in [0.4, 0.5) is 0 Å². The number of aromatic nitrogens is 2. The van der Waals surface area contributed by atoms with Gasteiger partial charge in [-0.15, -0.1) is 0 Å². The minimum atomic E-state index is 0.527. The molecule has 4 heterocycles. The zero-order chi connectivity index (χ0) is 18.1. The minimum Gasteiger partial charge on any atom is -0.320 e. The number of benzene rings is 1. The van der Waals surface area contributed by atoms with Gasteiger partial charge in [-0.3, -0.25) is 9.88 Å². The van der Waals surface area contributed by atoms with Crippen molar-refractivity contribution in [2.45, 2.75) is 44.2 Å². The van der Waals surface area contributed by atoms with E-state index in [0.29, 0.717) is 12.1 Å². The van der Waals surface area contributed by atoms with E-state index in [0.717, 1.165) is 24.3 Å². The van der Waals surface area contributed by atoms with Crippen molar-refractivity contribution in [1.82, 2.24) is 14.5 Å². The third-order valence-electron chi connectivity index (χ3n) is 6.91. The third-order valence-corrected chi connectivity index (χ3v) is 7.15. The molecule has 0 N–H and O–H groups in total. The van der Waals surface area contributed by atoms with Crippen LogP contribution in [0.2, 0.25) is 5.02 Å². The number of hydrogen-bond acceptors (Lipinski definition) is 2. The summed E-state index contributed by atoms with van der Waals surface area (Å²) in [4.78, 5) is 6.88. The molecule has 3 aliphatic rings. The van der Waals surface area contributed by atoms with Gasteiger partial charge in [-0.2, -0.15) is 0 Å². The van der Waals surface area contributed by atoms with Crippen LogP contribution in [0, 0.1) is 0 Å². The Kier molecular flexibility index (Phi) is 3.36. The van der Waals surface area contributed by atoms with Crippen molar-refractivity contribution in [2.75, 3.05) is 7.05 Å². The molecule has 2 aliphatic heterocycles. The SMILES string of the molecule is CN1C2CCC1c1c(n(/C=C3\CCc4cnccc43)c3ccc(Cl)cc13)C2. The quantitative estimate of drug-likeness (QED) is 0.573. The summed E-state index contributed by atoms with van der Waals surface area (Å²) in [5.41, 5.74) is 8.46. The van der Waals surface area contributed by atoms with Crippen molar-refractivity contribution >= 4 is 34.3 Å². The van der Waals surface area contributed by atoms with Crippen LogP contribution < -0.4 is 0 Å². The standard InChI is InChI=1S/C23H22ClN3/c1-26-17-5-7-21(26)23-19-10-16(24)4-6-20(19)27(22(23)11-17)13-15-3-2-14-12-25-9-8-18(14)15/h4,6,8-10,12-13,17,21H,2-3,5,7,11H2,1H3/b15-13+. The summed E-state index contributed by atoms with van der Waals surface area (Å²) in [6.45, 7) is 0. The topological polar surface area (TPSA) is 21.1 Å². The van der Waals surface area contributed by atoms with E-state index in [1.54, 1.807) is 0 Å². The molecule has 2 bridgehead atoms. The molecule has 4 heteroatoms. The molecule has 0 amide bonds. The maximum atomic E-state index is 6.40. The van der Waals surface area contributed by atoms with Crippen LogP contribution >= 0.6 is 11.6 Å². The Morgan fingerprint density at radius 1 is 1.19 bits per heavy atom. The largest absolute Gasteiger partial charge is 0.320 e. The van der Waals surface area contributed by atoms with Gasteiger partial charge in [0.2, 0.25) is 0 Å². The molecular formula is C23H22ClN3. The number of nitrogens with zero attached hydrogens (tertiary/aromatic N) is 3. The lowest BCUT2D eigenvalue weighted by Gasteiger charge is -2.32. The lowest BCUT2D eigenvalue weighted by Crippen LogP contribution is -2.34. The van der Waals surface area contributed by atoms with Gasteiger partial charge in [0.25, 0.3) is 0 Å². The zero-order valence-electron chi connectivity index (χ0n) is 15.5. The van der Waals surface area contributed by atoms with Crippen molar-refractivity contribution in [3.8, 4) is 0 Å². The number of likely N-dealkylation sites (N-methyl/N-ethyl adjacent to an activating group) is 1. The normalized spacial score (nSPS) is 25.3. The van der Waals surface area contributed by atoms with Crippen LogP contribution in [0.1, 0.15) is 47.7 Å². The van der Waals surface area contributed by atoms with Gasteiger partial charge >= 0.3 is 0 Å². The number of fused-ring (bicyclic) bond motifs is 7. The minimum absolute atomic E-state index is 0.527. The number of hydrogen-bond donors (Lipinski definition) is 0. The average Bonchev–Trinajstić information content (AvgIpc) is 3.28. The van der Waals surface area contributed by atoms with Crippen molar-refractivity contribution in [3.05, 3.63) is 64.1 Å². The molecule has 2 aromatic heterocycles. The molecule has 27 heavy (non-hydrogen) atoms. The summed E-state index contributed by atoms with van der Waals surface area (Å²) >= 11 is 6.40. The fraction of sp³-hybridized carbons (Fsp3) is 0.348. The molecule has 1 aromatic carbocycles. The fourth-order valence-electron chi connectivity index (χ4n) is 5.56. The van der Waals surface area contributed by atoms with Gasteiger partial charge in [-0.25, -0.2) is 0 Å². The molecule has 0 spiro atoms. The lowest BCUT2D eigenvalue weighted by atomic mass is 9.97. The Morgan fingerprint density at radius 2 is 2.11 bits per heavy atom. The first-order valence-electron chi connectivity index (χ1n) is 9.89. The van der Waals surface area contributed by atoms with E-state index in [1.807, 2.05) is 18.5 Å². The lowest BCUT2D eigenvalue weighted by molar-refractivity contribution is 0.223. The highest BCUT2D eigenvalue weighted by Crippen LogP contribution is 2.47. The second-order valence-electron chi connectivity index (χ2n) is 8.20. The highest BCUT2D eigenvalue weighted by atomic mass is 35.5. The third kappa shape index (κ3) is 2.22. The smallest absolute Gasteiger partial charge is 0.0529 e. The van der Waals surface area contributed by atoms with Crippen molar-refractivity contribution < 1.29 is 0 Å². The maximum absolute atomic E-state index is 6.40. The molecule has 1 aliphatic carbocycles. The molecule has 0 saturated carbocycles. The summed E-state index contributed by atoms with van der Waals surface area (Å²) in [6, 6.07) is 9.76. The van der Waals surface area contributed by atoms with E-state index < -0.39 is 0 Å². The van der Waals surface area contributed by atoms with Crippen LogP contribution in [0.25, 0.3) is 22.7 Å². The Hall–Kier alpha value is -2.10. The predicted molar refractivity (Wildman–Crippen MR) is 111 cm³/mol. The summed E-state index contributed by atoms with van der Waals surface area (Å²) in [5.74, 6) is 0. The second-order valence-corrected chi connectivity index (χ2v) is 8.63. The van der Waals surface area contributed by atoms with E-state index in [9.17, 15) is 0 Å². The Bertz CT molecular complexity index is 1110. The van der Waals surface area contributed by atoms with Crippen LogP contribution in [0.5, 0.6) is 0 Å². The van der Waals surface area contributed by atoms with E-state index >= 15 is 0 Å². The second kappa shape index (κ2) is 5.70. The molecule has 1 fully saturated rings. The first kappa shape index (κ1) is 15.9. The van der Waals surface area contributed by atoms with Gasteiger partial charge in [0.15, 0.2) is 0 Å². The molecule has 3 nitrogen and oxygen atoms in total. The van der Waals surface area contributed by atoms with Crippen LogP contribution in [0.3, 0.4) is 0 Å². The van der Waals surface area contributed by atoms with Crippen molar-refractivity contribution in [2.24, 2.45) is 0 Å². The number of allylic oxidation sites excluding steroid dienone is 1. The molecular weight excluding hydrogens is 354 g/mol. The molecule has 136 valence electrons. The average molecular weight is 376 g/mol. The number of halogens is 1. The van der Waals surface area contributed by atoms with Crippen molar-refractivity contribution in [3.63, 3.8) is 0 Å². The highest BCUT2D eigenvalue weighted by Gasteiger charge is 2.40. The fourth-order valence-corrected chi connectivity index (χ4v) is 5.73. The van der Waals surface area contributed by atoms with Gasteiger partial charge in [0.1, 0.15) is 0 Å². The monoisotopic (exact) mass is 375 g/mol. The Balaban J connectivity index is 1.61. The molecule has 3 aromatic rings. The first-order chi connectivity index (χ1) is 13.2. The molecule has 2 unspecified atom stereocenters. The number of rotatable bonds is 1. The van der Waals surface area contributed by atoms with Crippen LogP contribution in [0.15, 0.2) is 36.7 Å². The molecule has 0 radical (unpaired) electrons. The van der Waals surface area contributed by atoms with Crippen LogP contribution in [-0.4, -0.2) is 27.5 Å². The summed E-state index contributed by atoms with van der Waals surface area (Å²) in [6.07, 6.45) is 12.2. The molecule has 2 atom stereocenters. The zero-order valence-corrected chi connectivity index (χ0v) is 16.2. The van der Waals surface area contributed by atoms with E-state index in [4.69, 9.17) is 11.6 Å². The van der Waals surface area contributed by atoms with Gasteiger partial charge in [0, 0.05) is 53.2 Å². The van der Waals surface area contributed by atoms with Gasteiger partial charge in [-0.1, -0.05) is 11.6 Å². The van der Waals surface area contributed by atoms with E-state index in [2.05, 4.69) is 45.9 Å². The maximum Gasteiger partial charge on any atom is 0.0529 e. The number of pyridine rings is 1. The molecule has 1 saturated heterocycles. The van der Waals surface area contributed by atoms with E-state index in [-0.39, 0.29) is 0 Å². The first-order valence-corrected chi connectivity index (χ1v) is 10.3. The summed E-state index contributed by atoms with van der Waals surface area (Å²) in [7, 11) is 2.29. The summed E-state index contributed by atoms with van der Waals surface area (Å²) in [5, 5.41) is 2.16. The summed E-state index contributed by atoms with van der Waals surface area (Å²) < 4.78 is 2.48. The molecule has 6 rings (SSSR count). The van der Waals surface area contributed by atoms with Gasteiger partial charge in [0.05, 0.1) is 5.52 Å². The van der Waals surface area contributed by atoms with Gasteiger partial charge < -0.3 is 4.57 Å². The Morgan fingerprint density at radius 3 is 3.04 bits per heavy atom. The van der Waals surface area contributed by atoms with Crippen molar-refractivity contribution in [1.29, 1.82) is 0 Å².